The first-order chi connectivity index (χ1) is 6.61. The molecule has 0 aromatic rings. The minimum absolute atomic E-state index is 0.685. The Morgan fingerprint density at radius 3 is 1.93 bits per heavy atom. The van der Waals surface area contributed by atoms with Crippen LogP contribution in [0.2, 0.25) is 0 Å². The molecule has 0 amide bonds. The van der Waals surface area contributed by atoms with Crippen molar-refractivity contribution in [2.24, 2.45) is 0 Å². The van der Waals surface area contributed by atoms with Gasteiger partial charge in [-0.15, -0.1) is 0 Å². The topological polar surface area (TPSA) is 83.5 Å². The van der Waals surface area contributed by atoms with Gasteiger partial charge in [0, 0.05) is 24.9 Å². The summed E-state index contributed by atoms with van der Waals surface area (Å²) in [6, 6.07) is 0. The van der Waals surface area contributed by atoms with Gasteiger partial charge in [-0.25, -0.2) is 0 Å². The summed E-state index contributed by atoms with van der Waals surface area (Å²) in [5, 5.41) is 20.8. The van der Waals surface area contributed by atoms with Gasteiger partial charge in [-0.05, 0) is 19.3 Å². The van der Waals surface area contributed by atoms with Gasteiger partial charge in [0.15, 0.2) is 0 Å². The maximum atomic E-state index is 10.4. The van der Waals surface area contributed by atoms with E-state index in [9.17, 15) is 19.8 Å². The second kappa shape index (κ2) is 4.64. The molecule has 1 saturated heterocycles. The molecule has 78 valence electrons. The first kappa shape index (κ1) is 10.6. The van der Waals surface area contributed by atoms with E-state index in [0.717, 1.165) is 25.5 Å². The van der Waals surface area contributed by atoms with Crippen molar-refractivity contribution in [2.45, 2.75) is 19.3 Å². The van der Waals surface area contributed by atoms with Crippen LogP contribution in [-0.2, 0) is 9.59 Å². The van der Waals surface area contributed by atoms with Crippen molar-refractivity contribution in [2.75, 3.05) is 13.1 Å². The second-order valence-corrected chi connectivity index (χ2v) is 3.21. The number of carboxylic acid groups (broad SMARTS) is 2. The lowest BCUT2D eigenvalue weighted by Crippen LogP contribution is -2.38. The fraction of sp³-hybridized carbons (Fsp3) is 0.556. The van der Waals surface area contributed by atoms with E-state index in [1.807, 2.05) is 0 Å². The molecule has 1 aliphatic rings. The average Bonchev–Trinajstić information content (AvgIpc) is 2.15. The summed E-state index contributed by atoms with van der Waals surface area (Å²) >= 11 is 0. The summed E-state index contributed by atoms with van der Waals surface area (Å²) in [6.45, 7) is 1.37. The van der Waals surface area contributed by atoms with Gasteiger partial charge in [0.2, 0.25) is 0 Å². The molecule has 1 rings (SSSR count). The van der Waals surface area contributed by atoms with Gasteiger partial charge in [0.05, 0.1) is 11.9 Å². The second-order valence-electron chi connectivity index (χ2n) is 3.21. The maximum Gasteiger partial charge on any atom is 0.0748 e. The summed E-state index contributed by atoms with van der Waals surface area (Å²) < 4.78 is 0. The van der Waals surface area contributed by atoms with Crippen molar-refractivity contribution in [3.8, 4) is 0 Å². The third-order valence-corrected chi connectivity index (χ3v) is 2.14. The largest absolute Gasteiger partial charge is 0.545 e. The summed E-state index contributed by atoms with van der Waals surface area (Å²) in [6.07, 6.45) is 4.09. The fourth-order valence-corrected chi connectivity index (χ4v) is 1.42. The van der Waals surface area contributed by atoms with Crippen molar-refractivity contribution in [3.05, 3.63) is 11.8 Å². The molecule has 5 heteroatoms. The van der Waals surface area contributed by atoms with Crippen LogP contribution in [-0.4, -0.2) is 29.9 Å². The maximum absolute atomic E-state index is 10.4. The van der Waals surface area contributed by atoms with Crippen LogP contribution in [0.1, 0.15) is 19.3 Å². The molecule has 0 spiro atoms. The molecule has 14 heavy (non-hydrogen) atoms. The van der Waals surface area contributed by atoms with Gasteiger partial charge >= 0.3 is 0 Å². The quantitative estimate of drug-likeness (QED) is 0.293. The number of carbonyl (C=O) groups excluding carboxylic acids is 2. The van der Waals surface area contributed by atoms with E-state index in [0.29, 0.717) is 13.1 Å². The van der Waals surface area contributed by atoms with Gasteiger partial charge in [-0.1, -0.05) is 0 Å². The lowest BCUT2D eigenvalue weighted by molar-refractivity contribution is -0.312. The summed E-state index contributed by atoms with van der Waals surface area (Å²) in [5.41, 5.74) is -0.785. The zero-order valence-corrected chi connectivity index (χ0v) is 7.69. The zero-order chi connectivity index (χ0) is 10.6. The van der Waals surface area contributed by atoms with Crippen LogP contribution in [0.5, 0.6) is 0 Å². The number of carboxylic acids is 2. The molecule has 0 aromatic heterocycles. The first-order valence-corrected chi connectivity index (χ1v) is 4.50. The molecule has 0 unspecified atom stereocenters. The molecule has 0 saturated carbocycles. The molecule has 0 atom stereocenters. The van der Waals surface area contributed by atoms with E-state index in [-0.39, 0.29) is 0 Å². The van der Waals surface area contributed by atoms with Gasteiger partial charge < -0.3 is 24.7 Å². The highest BCUT2D eigenvalue weighted by atomic mass is 16.4. The van der Waals surface area contributed by atoms with Crippen molar-refractivity contribution in [3.63, 3.8) is 0 Å². The lowest BCUT2D eigenvalue weighted by Gasteiger charge is -2.26. The Morgan fingerprint density at radius 2 is 1.50 bits per heavy atom. The number of likely N-dealkylation sites (tertiary alicyclic amines) is 1. The minimum Gasteiger partial charge on any atom is -0.545 e. The molecule has 1 heterocycles. The van der Waals surface area contributed by atoms with Gasteiger partial charge in [-0.3, -0.25) is 0 Å². The predicted octanol–water partition coefficient (Wildman–Crippen LogP) is -2.14. The number of piperidine rings is 1. The normalized spacial score (nSPS) is 16.1. The predicted molar refractivity (Wildman–Crippen MR) is 43.5 cm³/mol. The summed E-state index contributed by atoms with van der Waals surface area (Å²) in [7, 11) is 0. The van der Waals surface area contributed by atoms with Crippen LogP contribution >= 0.6 is 0 Å². The highest BCUT2D eigenvalue weighted by molar-refractivity contribution is 6.10. The molecule has 0 aromatic carbocycles. The van der Waals surface area contributed by atoms with Crippen LogP contribution in [0.15, 0.2) is 11.8 Å². The summed E-state index contributed by atoms with van der Waals surface area (Å²) in [4.78, 5) is 22.4. The van der Waals surface area contributed by atoms with Gasteiger partial charge in [0.25, 0.3) is 0 Å². The Hall–Kier alpha value is -1.52. The molecule has 5 nitrogen and oxygen atoms in total. The number of hydrogen-bond acceptors (Lipinski definition) is 5. The number of hydrogen-bond donors (Lipinski definition) is 0. The van der Waals surface area contributed by atoms with E-state index in [2.05, 4.69) is 0 Å². The van der Waals surface area contributed by atoms with Crippen molar-refractivity contribution in [1.29, 1.82) is 0 Å². The van der Waals surface area contributed by atoms with E-state index < -0.39 is 17.5 Å². The Balaban J connectivity index is 2.70. The lowest BCUT2D eigenvalue weighted by atomic mass is 10.1. The van der Waals surface area contributed by atoms with Crippen LogP contribution in [0.4, 0.5) is 0 Å². The third kappa shape index (κ3) is 2.76. The van der Waals surface area contributed by atoms with Crippen LogP contribution < -0.4 is 10.2 Å². The van der Waals surface area contributed by atoms with Crippen molar-refractivity contribution < 1.29 is 19.8 Å². The molecule has 1 aliphatic heterocycles. The van der Waals surface area contributed by atoms with Gasteiger partial charge in [-0.2, -0.15) is 0 Å². The molecular weight excluding hydrogens is 186 g/mol. The number of nitrogens with zero attached hydrogens (tertiary/aromatic N) is 1. The molecule has 0 radical (unpaired) electrons. The standard InChI is InChI=1S/C9H13NO4/c11-8(12)7(9(13)14)6-10-4-2-1-3-5-10/h6H,1-5H2,(H,11,12)(H,13,14)/p-2. The minimum atomic E-state index is -1.70. The number of aliphatic carboxylic acids is 2. The monoisotopic (exact) mass is 197 g/mol. The van der Waals surface area contributed by atoms with Crippen LogP contribution in [0.25, 0.3) is 0 Å². The number of carbonyl (C=O) groups is 2. The highest BCUT2D eigenvalue weighted by Gasteiger charge is 2.08. The van der Waals surface area contributed by atoms with E-state index >= 15 is 0 Å². The molecular formula is C9H11NO4-2. The Morgan fingerprint density at radius 1 is 1.00 bits per heavy atom. The highest BCUT2D eigenvalue weighted by Crippen LogP contribution is 2.10. The Labute approximate surface area is 81.6 Å². The van der Waals surface area contributed by atoms with Crippen molar-refractivity contribution >= 4 is 11.9 Å². The molecule has 0 N–H and O–H groups in total. The first-order valence-electron chi connectivity index (χ1n) is 4.50. The SMILES string of the molecule is O=C([O-])C(=CN1CCCCC1)C(=O)[O-]. The van der Waals surface area contributed by atoms with Crippen molar-refractivity contribution in [1.82, 2.24) is 4.90 Å². The molecule has 0 aliphatic carbocycles. The van der Waals surface area contributed by atoms with E-state index in [4.69, 9.17) is 0 Å². The zero-order valence-electron chi connectivity index (χ0n) is 7.69. The summed E-state index contributed by atoms with van der Waals surface area (Å²) in [5.74, 6) is -3.40. The third-order valence-electron chi connectivity index (χ3n) is 2.14. The molecule has 0 bridgehead atoms. The smallest absolute Gasteiger partial charge is 0.0748 e. The number of rotatable bonds is 3. The Kier molecular flexibility index (Phi) is 3.50. The van der Waals surface area contributed by atoms with Gasteiger partial charge in [0.1, 0.15) is 0 Å². The van der Waals surface area contributed by atoms with Crippen LogP contribution in [0, 0.1) is 0 Å². The van der Waals surface area contributed by atoms with E-state index in [1.165, 1.54) is 0 Å². The Bertz CT molecular complexity index is 250. The van der Waals surface area contributed by atoms with E-state index in [1.54, 1.807) is 4.90 Å². The fourth-order valence-electron chi connectivity index (χ4n) is 1.42. The van der Waals surface area contributed by atoms with Crippen LogP contribution in [0.3, 0.4) is 0 Å². The molecule has 1 fully saturated rings. The average molecular weight is 197 g/mol.